The number of para-hydroxylation sites is 1. The zero-order valence-corrected chi connectivity index (χ0v) is 17.1. The first-order valence-corrected chi connectivity index (χ1v) is 10.9. The predicted octanol–water partition coefficient (Wildman–Crippen LogP) is 4.24. The number of aromatic nitrogens is 3. The maximum absolute atomic E-state index is 13.2. The Hall–Kier alpha value is -3.25. The third-order valence-corrected chi connectivity index (χ3v) is 6.34. The Morgan fingerprint density at radius 3 is 2.77 bits per heavy atom. The Bertz CT molecular complexity index is 1320. The second-order valence-electron chi connectivity index (χ2n) is 7.31. The van der Waals surface area contributed by atoms with Gasteiger partial charge in [0, 0.05) is 11.8 Å². The quantitative estimate of drug-likeness (QED) is 0.278. The molecule has 0 saturated heterocycles. The van der Waals surface area contributed by atoms with Crippen LogP contribution in [0.2, 0.25) is 0 Å². The van der Waals surface area contributed by atoms with Gasteiger partial charge in [-0.2, -0.15) is 0 Å². The van der Waals surface area contributed by atoms with Gasteiger partial charge in [0.1, 0.15) is 0 Å². The van der Waals surface area contributed by atoms with Crippen LogP contribution in [-0.2, 0) is 12.8 Å². The van der Waals surface area contributed by atoms with Crippen LogP contribution in [0.5, 0.6) is 0 Å². The van der Waals surface area contributed by atoms with E-state index in [1.807, 2.05) is 36.4 Å². The molecule has 6 heteroatoms. The van der Waals surface area contributed by atoms with E-state index in [1.54, 1.807) is 24.5 Å². The Morgan fingerprint density at radius 1 is 1.03 bits per heavy atom. The lowest BCUT2D eigenvalue weighted by Gasteiger charge is -2.12. The number of hydrogen-bond donors (Lipinski definition) is 0. The number of thioether (sulfide) groups is 1. The van der Waals surface area contributed by atoms with Crippen molar-refractivity contribution in [2.45, 2.75) is 24.4 Å². The summed E-state index contributed by atoms with van der Waals surface area (Å²) in [4.78, 5) is 34.9. The van der Waals surface area contributed by atoms with E-state index in [0.717, 1.165) is 24.8 Å². The van der Waals surface area contributed by atoms with E-state index in [2.05, 4.69) is 16.0 Å². The van der Waals surface area contributed by atoms with Crippen LogP contribution in [0.4, 0.5) is 0 Å². The maximum Gasteiger partial charge on any atom is 0.266 e. The van der Waals surface area contributed by atoms with Gasteiger partial charge in [-0.25, -0.2) is 4.98 Å². The molecule has 0 atom stereocenters. The number of fused-ring (bicyclic) bond motifs is 2. The van der Waals surface area contributed by atoms with Gasteiger partial charge in [0.05, 0.1) is 28.5 Å². The number of carbonyl (C=O) groups excluding carboxylic acids is 1. The van der Waals surface area contributed by atoms with Gasteiger partial charge in [-0.15, -0.1) is 0 Å². The minimum absolute atomic E-state index is 0.0369. The van der Waals surface area contributed by atoms with Gasteiger partial charge in [-0.05, 0) is 60.7 Å². The largest absolute Gasteiger partial charge is 0.293 e. The number of nitrogens with zero attached hydrogens (tertiary/aromatic N) is 3. The van der Waals surface area contributed by atoms with Gasteiger partial charge in [0.15, 0.2) is 10.9 Å². The summed E-state index contributed by atoms with van der Waals surface area (Å²) in [5.74, 6) is 0.249. The number of hydrogen-bond acceptors (Lipinski definition) is 5. The average Bonchev–Trinajstić information content (AvgIpc) is 3.26. The SMILES string of the molecule is O=C(CSc1nc2ccccc2c(=O)n1-c1cccnc1)c1ccc2c(c1)CCC2. The second-order valence-corrected chi connectivity index (χ2v) is 8.25. The van der Waals surface area contributed by atoms with E-state index >= 15 is 0 Å². The van der Waals surface area contributed by atoms with Crippen molar-refractivity contribution in [2.75, 3.05) is 5.75 Å². The molecule has 0 amide bonds. The van der Waals surface area contributed by atoms with Crippen molar-refractivity contribution in [1.29, 1.82) is 0 Å². The monoisotopic (exact) mass is 413 g/mol. The molecule has 1 aliphatic carbocycles. The highest BCUT2D eigenvalue weighted by molar-refractivity contribution is 7.99. The van der Waals surface area contributed by atoms with Gasteiger partial charge in [-0.1, -0.05) is 36.0 Å². The average molecular weight is 414 g/mol. The predicted molar refractivity (Wildman–Crippen MR) is 119 cm³/mol. The molecule has 2 aromatic carbocycles. The fourth-order valence-electron chi connectivity index (χ4n) is 3.88. The Labute approximate surface area is 177 Å². The van der Waals surface area contributed by atoms with Crippen molar-refractivity contribution in [1.82, 2.24) is 14.5 Å². The molecule has 148 valence electrons. The third-order valence-electron chi connectivity index (χ3n) is 5.40. The molecule has 0 unspecified atom stereocenters. The van der Waals surface area contributed by atoms with Gasteiger partial charge >= 0.3 is 0 Å². The standard InChI is InChI=1S/C24H19N3O2S/c28-22(18-11-10-16-5-3-6-17(16)13-18)15-30-24-26-21-9-2-1-8-20(21)23(29)27(24)19-7-4-12-25-14-19/h1-2,4,7-14H,3,5-6,15H2. The maximum atomic E-state index is 13.2. The molecular formula is C24H19N3O2S. The Balaban J connectivity index is 1.50. The van der Waals surface area contributed by atoms with E-state index in [4.69, 9.17) is 0 Å². The lowest BCUT2D eigenvalue weighted by atomic mass is 10.0. The minimum atomic E-state index is -0.166. The number of Topliss-reactive ketones (excluding diaryl/α,β-unsaturated/α-hetero) is 1. The number of ketones is 1. The Morgan fingerprint density at radius 2 is 1.90 bits per heavy atom. The summed E-state index contributed by atoms with van der Waals surface area (Å²) in [5, 5.41) is 1.02. The third kappa shape index (κ3) is 3.44. The molecule has 0 fully saturated rings. The van der Waals surface area contributed by atoms with Crippen LogP contribution in [0.15, 0.2) is 76.9 Å². The molecule has 30 heavy (non-hydrogen) atoms. The van der Waals surface area contributed by atoms with Gasteiger partial charge in [-0.3, -0.25) is 19.1 Å². The first-order valence-electron chi connectivity index (χ1n) is 9.91. The zero-order chi connectivity index (χ0) is 20.5. The molecule has 5 nitrogen and oxygen atoms in total. The molecule has 0 aliphatic heterocycles. The van der Waals surface area contributed by atoms with Gasteiger partial charge in [0.2, 0.25) is 0 Å². The summed E-state index contributed by atoms with van der Waals surface area (Å²) in [7, 11) is 0. The number of benzene rings is 2. The summed E-state index contributed by atoms with van der Waals surface area (Å²) in [6, 6.07) is 16.9. The van der Waals surface area contributed by atoms with Crippen LogP contribution in [0.3, 0.4) is 0 Å². The van der Waals surface area contributed by atoms with Gasteiger partial charge < -0.3 is 0 Å². The van der Waals surface area contributed by atoms with E-state index < -0.39 is 0 Å². The van der Waals surface area contributed by atoms with Crippen LogP contribution >= 0.6 is 11.8 Å². The highest BCUT2D eigenvalue weighted by Crippen LogP contribution is 2.25. The van der Waals surface area contributed by atoms with E-state index in [0.29, 0.717) is 21.7 Å². The zero-order valence-electron chi connectivity index (χ0n) is 16.2. The fourth-order valence-corrected chi connectivity index (χ4v) is 4.79. The number of rotatable bonds is 5. The molecule has 0 N–H and O–H groups in total. The number of pyridine rings is 1. The topological polar surface area (TPSA) is 64.8 Å². The minimum Gasteiger partial charge on any atom is -0.293 e. The van der Waals surface area contributed by atoms with Crippen molar-refractivity contribution in [3.8, 4) is 5.69 Å². The Kier molecular flexibility index (Phi) is 4.93. The number of carbonyl (C=O) groups is 1. The first-order chi connectivity index (χ1) is 14.7. The molecule has 5 rings (SSSR count). The van der Waals surface area contributed by atoms with E-state index in [1.165, 1.54) is 27.5 Å². The summed E-state index contributed by atoms with van der Waals surface area (Å²) >= 11 is 1.28. The van der Waals surface area contributed by atoms with Crippen LogP contribution in [0.1, 0.15) is 27.9 Å². The molecule has 0 saturated carbocycles. The van der Waals surface area contributed by atoms with Crippen LogP contribution in [0, 0.1) is 0 Å². The lowest BCUT2D eigenvalue weighted by Crippen LogP contribution is -2.22. The molecule has 0 spiro atoms. The highest BCUT2D eigenvalue weighted by Gasteiger charge is 2.17. The number of aryl methyl sites for hydroxylation is 2. The van der Waals surface area contributed by atoms with Crippen molar-refractivity contribution >= 4 is 28.4 Å². The normalized spacial score (nSPS) is 12.8. The van der Waals surface area contributed by atoms with Crippen molar-refractivity contribution in [3.05, 3.63) is 94.0 Å². The fraction of sp³-hybridized carbons (Fsp3) is 0.167. The van der Waals surface area contributed by atoms with Crippen molar-refractivity contribution in [3.63, 3.8) is 0 Å². The smallest absolute Gasteiger partial charge is 0.266 e. The molecular weight excluding hydrogens is 394 g/mol. The van der Waals surface area contributed by atoms with Crippen molar-refractivity contribution < 1.29 is 4.79 Å². The van der Waals surface area contributed by atoms with Crippen LogP contribution < -0.4 is 5.56 Å². The highest BCUT2D eigenvalue weighted by atomic mass is 32.2. The van der Waals surface area contributed by atoms with Crippen LogP contribution in [0.25, 0.3) is 16.6 Å². The summed E-state index contributed by atoms with van der Waals surface area (Å²) < 4.78 is 1.54. The molecule has 1 aliphatic rings. The molecule has 0 radical (unpaired) electrons. The second kappa shape index (κ2) is 7.88. The van der Waals surface area contributed by atoms with E-state index in [9.17, 15) is 9.59 Å². The molecule has 2 aromatic heterocycles. The molecule has 0 bridgehead atoms. The van der Waals surface area contributed by atoms with Crippen LogP contribution in [-0.4, -0.2) is 26.1 Å². The molecule has 4 aromatic rings. The van der Waals surface area contributed by atoms with Crippen molar-refractivity contribution in [2.24, 2.45) is 0 Å². The van der Waals surface area contributed by atoms with E-state index in [-0.39, 0.29) is 17.1 Å². The summed E-state index contributed by atoms with van der Waals surface area (Å²) in [6.07, 6.45) is 6.57. The molecule has 2 heterocycles. The van der Waals surface area contributed by atoms with Gasteiger partial charge in [0.25, 0.3) is 5.56 Å². The lowest BCUT2D eigenvalue weighted by molar-refractivity contribution is 0.102. The summed E-state index contributed by atoms with van der Waals surface area (Å²) in [5.41, 5.74) is 4.44. The summed E-state index contributed by atoms with van der Waals surface area (Å²) in [6.45, 7) is 0. The first kappa shape index (κ1) is 18.8.